The highest BCUT2D eigenvalue weighted by molar-refractivity contribution is 6.17. The van der Waals surface area contributed by atoms with Gasteiger partial charge in [0.15, 0.2) is 17.3 Å². The zero-order valence-corrected chi connectivity index (χ0v) is 11.7. The average molecular weight is 277 g/mol. The number of carbonyl (C=O) groups excluding carboxylic acids is 3. The number of rotatable bonds is 5. The Morgan fingerprint density at radius 1 is 0.900 bits per heavy atom. The molecule has 1 aromatic heterocycles. The van der Waals surface area contributed by atoms with E-state index in [1.165, 1.54) is 13.8 Å². The number of ketones is 3. The molecule has 0 aliphatic rings. The molecule has 1 heterocycles. The van der Waals surface area contributed by atoms with E-state index in [2.05, 4.69) is 4.98 Å². The highest BCUT2D eigenvalue weighted by Gasteiger charge is 2.29. The Morgan fingerprint density at radius 3 is 1.70 bits per heavy atom. The molecule has 0 aliphatic heterocycles. The van der Waals surface area contributed by atoms with Crippen molar-refractivity contribution in [3.05, 3.63) is 28.1 Å². The van der Waals surface area contributed by atoms with E-state index in [9.17, 15) is 24.3 Å². The van der Waals surface area contributed by atoms with Crippen molar-refractivity contribution in [2.45, 2.75) is 34.1 Å². The first-order valence-corrected chi connectivity index (χ1v) is 6.05. The number of carboxylic acid groups (broad SMARTS) is 1. The van der Waals surface area contributed by atoms with Crippen LogP contribution in [0.15, 0.2) is 0 Å². The lowest BCUT2D eigenvalue weighted by atomic mass is 9.91. The normalized spacial score (nSPS) is 10.2. The fourth-order valence-corrected chi connectivity index (χ4v) is 2.07. The molecule has 0 bridgehead atoms. The van der Waals surface area contributed by atoms with Gasteiger partial charge in [-0.25, -0.2) is 9.78 Å². The molecule has 6 heteroatoms. The van der Waals surface area contributed by atoms with Crippen molar-refractivity contribution in [3.63, 3.8) is 0 Å². The van der Waals surface area contributed by atoms with Crippen LogP contribution < -0.4 is 0 Å². The second kappa shape index (κ2) is 5.73. The van der Waals surface area contributed by atoms with E-state index < -0.39 is 23.3 Å². The molecule has 0 atom stereocenters. The third kappa shape index (κ3) is 2.64. The Morgan fingerprint density at radius 2 is 1.40 bits per heavy atom. The number of aryl methyl sites for hydroxylation is 1. The minimum absolute atomic E-state index is 0.123. The third-order valence-corrected chi connectivity index (χ3v) is 2.86. The van der Waals surface area contributed by atoms with Crippen LogP contribution >= 0.6 is 0 Å². The van der Waals surface area contributed by atoms with Gasteiger partial charge in [-0.05, 0) is 20.3 Å². The number of aromatic nitrogens is 1. The van der Waals surface area contributed by atoms with Gasteiger partial charge in [0, 0.05) is 12.5 Å². The van der Waals surface area contributed by atoms with E-state index in [1.54, 1.807) is 6.92 Å². The molecule has 1 aromatic rings. The van der Waals surface area contributed by atoms with Crippen LogP contribution in [-0.4, -0.2) is 33.4 Å². The lowest BCUT2D eigenvalue weighted by molar-refractivity contribution is 0.0689. The van der Waals surface area contributed by atoms with E-state index in [1.807, 2.05) is 0 Å². The fraction of sp³-hybridized carbons (Fsp3) is 0.357. The van der Waals surface area contributed by atoms with Gasteiger partial charge in [-0.15, -0.1) is 0 Å². The van der Waals surface area contributed by atoms with Gasteiger partial charge in [-0.3, -0.25) is 14.4 Å². The topological polar surface area (TPSA) is 101 Å². The molecule has 0 aliphatic carbocycles. The summed E-state index contributed by atoms with van der Waals surface area (Å²) >= 11 is 0. The largest absolute Gasteiger partial charge is 0.478 e. The van der Waals surface area contributed by atoms with E-state index in [-0.39, 0.29) is 34.5 Å². The second-order valence-electron chi connectivity index (χ2n) is 4.36. The molecule has 0 spiro atoms. The van der Waals surface area contributed by atoms with Gasteiger partial charge in [-0.1, -0.05) is 6.92 Å². The summed E-state index contributed by atoms with van der Waals surface area (Å²) in [5.74, 6) is -2.95. The quantitative estimate of drug-likeness (QED) is 0.825. The summed E-state index contributed by atoms with van der Waals surface area (Å²) in [6.45, 7) is 5.22. The highest BCUT2D eigenvalue weighted by atomic mass is 16.4. The average Bonchev–Trinajstić information content (AvgIpc) is 2.35. The monoisotopic (exact) mass is 277 g/mol. The minimum Gasteiger partial charge on any atom is -0.478 e. The van der Waals surface area contributed by atoms with Gasteiger partial charge >= 0.3 is 5.97 Å². The molecule has 0 radical (unpaired) electrons. The number of carboxylic acids is 1. The Hall–Kier alpha value is -2.37. The van der Waals surface area contributed by atoms with Crippen LogP contribution in [0.1, 0.15) is 75.0 Å². The summed E-state index contributed by atoms with van der Waals surface area (Å²) in [5, 5.41) is 9.27. The van der Waals surface area contributed by atoms with E-state index in [0.717, 1.165) is 6.92 Å². The molecular weight excluding hydrogens is 262 g/mol. The maximum absolute atomic E-state index is 11.8. The number of nitrogens with zero attached hydrogens (tertiary/aromatic N) is 1. The summed E-state index contributed by atoms with van der Waals surface area (Å²) in [5.41, 5.74) is -0.765. The molecule has 20 heavy (non-hydrogen) atoms. The predicted molar refractivity (Wildman–Crippen MR) is 70.6 cm³/mol. The standard InChI is InChI=1S/C14H15NO5/c1-5-9-12(14(19)20)10(6(2)16)11(7(3)17)13(15-9)8(4)18/h5H2,1-4H3,(H,19,20). The first-order valence-electron chi connectivity index (χ1n) is 6.05. The molecule has 0 saturated heterocycles. The molecule has 0 unspecified atom stereocenters. The minimum atomic E-state index is -1.34. The van der Waals surface area contributed by atoms with Crippen LogP contribution in [-0.2, 0) is 6.42 Å². The maximum Gasteiger partial charge on any atom is 0.338 e. The van der Waals surface area contributed by atoms with Crippen molar-refractivity contribution in [3.8, 4) is 0 Å². The number of carbonyl (C=O) groups is 4. The van der Waals surface area contributed by atoms with Crippen LogP contribution in [0, 0.1) is 0 Å². The second-order valence-corrected chi connectivity index (χ2v) is 4.36. The van der Waals surface area contributed by atoms with Crippen molar-refractivity contribution in [1.29, 1.82) is 0 Å². The molecule has 0 fully saturated rings. The van der Waals surface area contributed by atoms with Crippen molar-refractivity contribution < 1.29 is 24.3 Å². The molecule has 6 nitrogen and oxygen atoms in total. The van der Waals surface area contributed by atoms with Gasteiger partial charge in [0.1, 0.15) is 5.69 Å². The van der Waals surface area contributed by atoms with Crippen molar-refractivity contribution >= 4 is 23.3 Å². The van der Waals surface area contributed by atoms with Crippen LogP contribution in [0.25, 0.3) is 0 Å². The first kappa shape index (κ1) is 15.7. The van der Waals surface area contributed by atoms with E-state index in [0.29, 0.717) is 0 Å². The predicted octanol–water partition coefficient (Wildman–Crippen LogP) is 1.95. The van der Waals surface area contributed by atoms with Gasteiger partial charge < -0.3 is 5.11 Å². The summed E-state index contributed by atoms with van der Waals surface area (Å²) < 4.78 is 0. The molecule has 1 rings (SSSR count). The van der Waals surface area contributed by atoms with Crippen molar-refractivity contribution in [2.75, 3.05) is 0 Å². The van der Waals surface area contributed by atoms with Gasteiger partial charge in [0.05, 0.1) is 16.8 Å². The SMILES string of the molecule is CCc1nc(C(C)=O)c(C(C)=O)c(C(C)=O)c1C(=O)O. The maximum atomic E-state index is 11.8. The zero-order valence-electron chi connectivity index (χ0n) is 11.7. The Bertz CT molecular complexity index is 631. The number of hydrogen-bond donors (Lipinski definition) is 1. The van der Waals surface area contributed by atoms with Crippen molar-refractivity contribution in [1.82, 2.24) is 4.98 Å². The molecule has 0 saturated carbocycles. The molecule has 0 aromatic carbocycles. The molecule has 106 valence electrons. The molecule has 1 N–H and O–H groups in total. The van der Waals surface area contributed by atoms with Crippen LogP contribution in [0.3, 0.4) is 0 Å². The van der Waals surface area contributed by atoms with Gasteiger partial charge in [0.25, 0.3) is 0 Å². The van der Waals surface area contributed by atoms with Crippen LogP contribution in [0.4, 0.5) is 0 Å². The Balaban J connectivity index is 4.02. The van der Waals surface area contributed by atoms with Gasteiger partial charge in [-0.2, -0.15) is 0 Å². The molecular formula is C14H15NO5. The number of hydrogen-bond acceptors (Lipinski definition) is 5. The summed E-state index contributed by atoms with van der Waals surface area (Å²) in [4.78, 5) is 50.5. The van der Waals surface area contributed by atoms with Crippen LogP contribution in [0.2, 0.25) is 0 Å². The lowest BCUT2D eigenvalue weighted by Gasteiger charge is -2.14. The first-order chi connectivity index (χ1) is 9.22. The van der Waals surface area contributed by atoms with E-state index in [4.69, 9.17) is 0 Å². The van der Waals surface area contributed by atoms with Crippen molar-refractivity contribution in [2.24, 2.45) is 0 Å². The summed E-state index contributed by atoms with van der Waals surface area (Å²) in [7, 11) is 0. The molecule has 0 amide bonds. The number of Topliss-reactive ketones (excluding diaryl/α,β-unsaturated/α-hetero) is 3. The number of pyridine rings is 1. The number of aromatic carboxylic acids is 1. The highest BCUT2D eigenvalue weighted by Crippen LogP contribution is 2.23. The summed E-state index contributed by atoms with van der Waals surface area (Å²) in [6, 6.07) is 0. The third-order valence-electron chi connectivity index (χ3n) is 2.86. The van der Waals surface area contributed by atoms with E-state index >= 15 is 0 Å². The Kier molecular flexibility index (Phi) is 4.49. The lowest BCUT2D eigenvalue weighted by Crippen LogP contribution is -2.21. The smallest absolute Gasteiger partial charge is 0.338 e. The zero-order chi connectivity index (χ0) is 15.6. The van der Waals surface area contributed by atoms with Gasteiger partial charge in [0.2, 0.25) is 0 Å². The fourth-order valence-electron chi connectivity index (χ4n) is 2.07. The summed E-state index contributed by atoms with van der Waals surface area (Å²) in [6.07, 6.45) is 0.236. The Labute approximate surface area is 115 Å². The van der Waals surface area contributed by atoms with Crippen LogP contribution in [0.5, 0.6) is 0 Å².